The van der Waals surface area contributed by atoms with Gasteiger partial charge >= 0.3 is 0 Å². The average molecular weight is 298 g/mol. The lowest BCUT2D eigenvalue weighted by molar-refractivity contribution is -0.385. The van der Waals surface area contributed by atoms with Gasteiger partial charge in [0.1, 0.15) is 5.82 Å². The van der Waals surface area contributed by atoms with Crippen LogP contribution in [0.2, 0.25) is 0 Å². The normalized spacial score (nSPS) is 12.3. The van der Waals surface area contributed by atoms with Gasteiger partial charge in [-0.25, -0.2) is 4.39 Å². The maximum atomic E-state index is 14.0. The van der Waals surface area contributed by atoms with Crippen LogP contribution in [0.3, 0.4) is 0 Å². The van der Waals surface area contributed by atoms with Gasteiger partial charge in [0, 0.05) is 19.2 Å². The van der Waals surface area contributed by atoms with Crippen LogP contribution in [0.25, 0.3) is 0 Å². The number of carbonyl (C=O) groups is 1. The summed E-state index contributed by atoms with van der Waals surface area (Å²) in [7, 11) is 1.50. The first-order chi connectivity index (χ1) is 9.77. The van der Waals surface area contributed by atoms with E-state index < -0.39 is 16.6 Å². The summed E-state index contributed by atoms with van der Waals surface area (Å²) in [6.07, 6.45) is 0. The molecule has 0 heterocycles. The molecule has 0 bridgehead atoms. The Morgan fingerprint density at radius 1 is 1.48 bits per heavy atom. The van der Waals surface area contributed by atoms with Crippen LogP contribution in [0, 0.1) is 28.8 Å². The summed E-state index contributed by atoms with van der Waals surface area (Å²) in [5.74, 6) is -1.36. The monoisotopic (exact) mass is 298 g/mol. The molecule has 0 aliphatic carbocycles. The summed E-state index contributed by atoms with van der Waals surface area (Å²) in [4.78, 5) is 22.3. The average Bonchev–Trinajstić information content (AvgIpc) is 2.40. The highest BCUT2D eigenvalue weighted by atomic mass is 19.1. The molecule has 1 aromatic carbocycles. The first kappa shape index (κ1) is 17.0. The molecule has 116 valence electrons. The van der Waals surface area contributed by atoms with E-state index >= 15 is 0 Å². The van der Waals surface area contributed by atoms with E-state index in [2.05, 4.69) is 5.32 Å². The van der Waals surface area contributed by atoms with Crippen molar-refractivity contribution in [3.05, 3.63) is 39.2 Å². The molecule has 0 radical (unpaired) electrons. The van der Waals surface area contributed by atoms with E-state index in [0.29, 0.717) is 0 Å². The molecule has 1 N–H and O–H groups in total. The van der Waals surface area contributed by atoms with Gasteiger partial charge in [-0.05, 0) is 18.4 Å². The largest absolute Gasteiger partial charge is 0.383 e. The second-order valence-corrected chi connectivity index (χ2v) is 5.16. The maximum Gasteiger partial charge on any atom is 0.270 e. The third-order valence-electron chi connectivity index (χ3n) is 3.16. The molecule has 0 fully saturated rings. The highest BCUT2D eigenvalue weighted by Gasteiger charge is 2.23. The predicted octanol–water partition coefficient (Wildman–Crippen LogP) is 2.44. The fourth-order valence-corrected chi connectivity index (χ4v) is 1.85. The molecule has 1 atom stereocenters. The van der Waals surface area contributed by atoms with E-state index in [-0.39, 0.29) is 35.4 Å². The number of rotatable bonds is 6. The lowest BCUT2D eigenvalue weighted by atomic mass is 10.0. The van der Waals surface area contributed by atoms with Gasteiger partial charge in [0.25, 0.3) is 11.6 Å². The number of non-ortho nitro benzene ring substituents is 1. The number of nitro benzene ring substituents is 1. The number of methoxy groups -OCH3 is 1. The number of benzene rings is 1. The van der Waals surface area contributed by atoms with Crippen molar-refractivity contribution in [1.82, 2.24) is 5.32 Å². The van der Waals surface area contributed by atoms with Crippen LogP contribution < -0.4 is 5.32 Å². The van der Waals surface area contributed by atoms with Crippen molar-refractivity contribution < 1.29 is 18.8 Å². The Kier molecular flexibility index (Phi) is 5.78. The summed E-state index contributed by atoms with van der Waals surface area (Å²) < 4.78 is 19.0. The van der Waals surface area contributed by atoms with Crippen molar-refractivity contribution in [1.29, 1.82) is 0 Å². The molecule has 1 aromatic rings. The van der Waals surface area contributed by atoms with E-state index in [1.165, 1.54) is 14.0 Å². The summed E-state index contributed by atoms with van der Waals surface area (Å²) in [5, 5.41) is 13.4. The Balaban J connectivity index is 3.09. The second-order valence-electron chi connectivity index (χ2n) is 5.16. The van der Waals surface area contributed by atoms with Crippen molar-refractivity contribution in [3.63, 3.8) is 0 Å². The zero-order chi connectivity index (χ0) is 16.2. The van der Waals surface area contributed by atoms with Crippen LogP contribution in [0.15, 0.2) is 12.1 Å². The van der Waals surface area contributed by atoms with E-state index in [9.17, 15) is 19.3 Å². The molecule has 0 saturated heterocycles. The van der Waals surface area contributed by atoms with E-state index in [0.717, 1.165) is 12.1 Å². The summed E-state index contributed by atoms with van der Waals surface area (Å²) in [6, 6.07) is 1.74. The number of hydrogen-bond donors (Lipinski definition) is 1. The Hall–Kier alpha value is -2.02. The van der Waals surface area contributed by atoms with Crippen LogP contribution >= 0.6 is 0 Å². The molecule has 0 saturated carbocycles. The van der Waals surface area contributed by atoms with Crippen LogP contribution in [-0.4, -0.2) is 30.6 Å². The molecule has 21 heavy (non-hydrogen) atoms. The van der Waals surface area contributed by atoms with Crippen molar-refractivity contribution in [2.24, 2.45) is 5.92 Å². The molecular formula is C14H19FN2O4. The van der Waals surface area contributed by atoms with E-state index in [4.69, 9.17) is 4.74 Å². The number of nitrogens with zero attached hydrogens (tertiary/aromatic N) is 1. The fraction of sp³-hybridized carbons (Fsp3) is 0.500. The molecule has 1 unspecified atom stereocenters. The SMILES string of the molecule is COCC(NC(=O)c1cc([N+](=O)[O-])cc(C)c1F)C(C)C. The van der Waals surface area contributed by atoms with Crippen LogP contribution in [-0.2, 0) is 4.74 Å². The number of amides is 1. The molecule has 1 amide bonds. The van der Waals surface area contributed by atoms with E-state index in [1.54, 1.807) is 0 Å². The fourth-order valence-electron chi connectivity index (χ4n) is 1.85. The smallest absolute Gasteiger partial charge is 0.270 e. The molecule has 0 spiro atoms. The third-order valence-corrected chi connectivity index (χ3v) is 3.16. The lowest BCUT2D eigenvalue weighted by Gasteiger charge is -2.21. The van der Waals surface area contributed by atoms with Crippen molar-refractivity contribution in [2.45, 2.75) is 26.8 Å². The third kappa shape index (κ3) is 4.22. The van der Waals surface area contributed by atoms with Crippen LogP contribution in [0.4, 0.5) is 10.1 Å². The molecule has 7 heteroatoms. The number of nitro groups is 1. The van der Waals surface area contributed by atoms with Crippen molar-refractivity contribution in [3.8, 4) is 0 Å². The predicted molar refractivity (Wildman–Crippen MR) is 75.8 cm³/mol. The number of ether oxygens (including phenoxy) is 1. The highest BCUT2D eigenvalue weighted by molar-refractivity contribution is 5.95. The number of carbonyl (C=O) groups excluding carboxylic acids is 1. The van der Waals surface area contributed by atoms with Crippen molar-refractivity contribution in [2.75, 3.05) is 13.7 Å². The van der Waals surface area contributed by atoms with Gasteiger partial charge in [-0.1, -0.05) is 13.8 Å². The number of hydrogen-bond acceptors (Lipinski definition) is 4. The Labute approximate surface area is 122 Å². The van der Waals surface area contributed by atoms with Gasteiger partial charge in [-0.2, -0.15) is 0 Å². The summed E-state index contributed by atoms with van der Waals surface area (Å²) >= 11 is 0. The Morgan fingerprint density at radius 3 is 2.57 bits per heavy atom. The summed E-state index contributed by atoms with van der Waals surface area (Å²) in [6.45, 7) is 5.44. The molecular weight excluding hydrogens is 279 g/mol. The quantitative estimate of drug-likeness (QED) is 0.646. The van der Waals surface area contributed by atoms with Gasteiger partial charge < -0.3 is 10.1 Å². The molecule has 6 nitrogen and oxygen atoms in total. The molecule has 0 aromatic heterocycles. The molecule has 1 rings (SSSR count). The van der Waals surface area contributed by atoms with Gasteiger partial charge in [0.05, 0.1) is 23.1 Å². The number of halogens is 1. The Morgan fingerprint density at radius 2 is 2.10 bits per heavy atom. The van der Waals surface area contributed by atoms with Gasteiger partial charge in [-0.15, -0.1) is 0 Å². The lowest BCUT2D eigenvalue weighted by Crippen LogP contribution is -2.42. The van der Waals surface area contributed by atoms with E-state index in [1.807, 2.05) is 13.8 Å². The minimum Gasteiger partial charge on any atom is -0.383 e. The zero-order valence-corrected chi connectivity index (χ0v) is 12.5. The van der Waals surface area contributed by atoms with Gasteiger partial charge in [0.2, 0.25) is 0 Å². The topological polar surface area (TPSA) is 81.5 Å². The van der Waals surface area contributed by atoms with Crippen LogP contribution in [0.5, 0.6) is 0 Å². The highest BCUT2D eigenvalue weighted by Crippen LogP contribution is 2.21. The van der Waals surface area contributed by atoms with Gasteiger partial charge in [-0.3, -0.25) is 14.9 Å². The minimum absolute atomic E-state index is 0.0576. The standard InChI is InChI=1S/C14H19FN2O4/c1-8(2)12(7-21-4)16-14(18)11-6-10(17(19)20)5-9(3)13(11)15/h5-6,8,12H,7H2,1-4H3,(H,16,18). The first-order valence-corrected chi connectivity index (χ1v) is 6.52. The molecule has 0 aliphatic heterocycles. The van der Waals surface area contributed by atoms with Gasteiger partial charge in [0.15, 0.2) is 0 Å². The first-order valence-electron chi connectivity index (χ1n) is 6.52. The van der Waals surface area contributed by atoms with Crippen LogP contribution in [0.1, 0.15) is 29.8 Å². The van der Waals surface area contributed by atoms with Crippen molar-refractivity contribution >= 4 is 11.6 Å². The molecule has 0 aliphatic rings. The summed E-state index contributed by atoms with van der Waals surface area (Å²) in [5.41, 5.74) is -0.586. The zero-order valence-electron chi connectivity index (χ0n) is 12.5. The maximum absolute atomic E-state index is 14.0. The number of nitrogens with one attached hydrogen (secondary N) is 1. The minimum atomic E-state index is -0.752. The second kappa shape index (κ2) is 7.12. The number of aryl methyl sites for hydroxylation is 1. The Bertz CT molecular complexity index is 546.